The Bertz CT molecular complexity index is 524. The highest BCUT2D eigenvalue weighted by atomic mass is 79.9. The van der Waals surface area contributed by atoms with Gasteiger partial charge in [-0.05, 0) is 40.5 Å². The van der Waals surface area contributed by atoms with E-state index >= 15 is 0 Å². The number of benzene rings is 1. The number of aryl methyl sites for hydroxylation is 1. The van der Waals surface area contributed by atoms with Crippen molar-refractivity contribution in [2.24, 2.45) is 0 Å². The minimum atomic E-state index is -1.52. The van der Waals surface area contributed by atoms with Crippen LogP contribution >= 0.6 is 15.9 Å². The Balaban J connectivity index is 2.51. The van der Waals surface area contributed by atoms with E-state index in [4.69, 9.17) is 10.2 Å². The molecule has 1 aromatic carbocycles. The van der Waals surface area contributed by atoms with Crippen molar-refractivity contribution in [3.8, 4) is 0 Å². The van der Waals surface area contributed by atoms with E-state index in [-0.39, 0.29) is 17.4 Å². The summed E-state index contributed by atoms with van der Waals surface area (Å²) in [5.41, 5.74) is 0.973. The molecule has 0 saturated carbocycles. The first-order valence-electron chi connectivity index (χ1n) is 5.72. The molecule has 0 unspecified atom stereocenters. The van der Waals surface area contributed by atoms with Crippen LogP contribution in [0.1, 0.15) is 12.0 Å². The third-order valence-corrected chi connectivity index (χ3v) is 3.11. The molecule has 0 radical (unpaired) electrons. The molecule has 0 aliphatic carbocycles. The second-order valence-corrected chi connectivity index (χ2v) is 4.96. The van der Waals surface area contributed by atoms with Crippen molar-refractivity contribution in [3.05, 3.63) is 28.0 Å². The summed E-state index contributed by atoms with van der Waals surface area (Å²) in [6, 6.07) is 2.13. The summed E-state index contributed by atoms with van der Waals surface area (Å²) in [5.74, 6) is -1.77. The molecule has 0 spiro atoms. The van der Waals surface area contributed by atoms with Crippen molar-refractivity contribution in [2.45, 2.75) is 19.4 Å². The molecule has 6 nitrogen and oxygen atoms in total. The Morgan fingerprint density at radius 1 is 1.45 bits per heavy atom. The maximum Gasteiger partial charge on any atom is 0.332 e. The molecule has 8 heteroatoms. The van der Waals surface area contributed by atoms with Gasteiger partial charge in [0.15, 0.2) is 6.10 Å². The average molecular weight is 349 g/mol. The Kier molecular flexibility index (Phi) is 5.90. The number of rotatable bonds is 5. The molecule has 1 atom stereocenters. The third-order valence-electron chi connectivity index (χ3n) is 2.50. The minimum Gasteiger partial charge on any atom is -0.479 e. The Morgan fingerprint density at radius 2 is 2.10 bits per heavy atom. The van der Waals surface area contributed by atoms with Crippen LogP contribution in [0, 0.1) is 12.7 Å². The molecule has 0 aliphatic heterocycles. The zero-order valence-electron chi connectivity index (χ0n) is 10.6. The van der Waals surface area contributed by atoms with Gasteiger partial charge >= 0.3 is 12.0 Å². The second kappa shape index (κ2) is 7.20. The normalized spacial score (nSPS) is 11.8. The number of hydrogen-bond donors (Lipinski definition) is 4. The van der Waals surface area contributed by atoms with Crippen molar-refractivity contribution in [2.75, 3.05) is 11.9 Å². The fourth-order valence-corrected chi connectivity index (χ4v) is 1.74. The summed E-state index contributed by atoms with van der Waals surface area (Å²) in [6.07, 6.45) is -1.62. The van der Waals surface area contributed by atoms with Crippen LogP contribution in [0.2, 0.25) is 0 Å². The number of aliphatic carboxylic acids is 1. The summed E-state index contributed by atoms with van der Waals surface area (Å²) in [7, 11) is 0. The van der Waals surface area contributed by atoms with Crippen molar-refractivity contribution in [3.63, 3.8) is 0 Å². The van der Waals surface area contributed by atoms with Crippen molar-refractivity contribution < 1.29 is 24.2 Å². The lowest BCUT2D eigenvalue weighted by molar-refractivity contribution is -0.146. The largest absolute Gasteiger partial charge is 0.479 e. The van der Waals surface area contributed by atoms with E-state index in [0.717, 1.165) is 0 Å². The predicted molar refractivity (Wildman–Crippen MR) is 74.1 cm³/mol. The van der Waals surface area contributed by atoms with Crippen LogP contribution in [0.15, 0.2) is 16.6 Å². The monoisotopic (exact) mass is 348 g/mol. The Hall–Kier alpha value is -1.67. The zero-order chi connectivity index (χ0) is 15.3. The first-order valence-corrected chi connectivity index (χ1v) is 6.52. The third kappa shape index (κ3) is 4.78. The molecule has 110 valence electrons. The molecule has 0 bridgehead atoms. The van der Waals surface area contributed by atoms with E-state index in [2.05, 4.69) is 26.6 Å². The number of amides is 2. The number of hydrogen-bond acceptors (Lipinski definition) is 3. The number of nitrogens with one attached hydrogen (secondary N) is 2. The van der Waals surface area contributed by atoms with Gasteiger partial charge < -0.3 is 20.8 Å². The van der Waals surface area contributed by atoms with Crippen LogP contribution in [0.4, 0.5) is 14.9 Å². The highest BCUT2D eigenvalue weighted by Crippen LogP contribution is 2.24. The molecule has 1 rings (SSSR count). The van der Waals surface area contributed by atoms with Crippen LogP contribution in [-0.4, -0.2) is 34.9 Å². The molecule has 20 heavy (non-hydrogen) atoms. The number of carboxylic acid groups (broad SMARTS) is 1. The molecule has 1 aromatic rings. The number of carbonyl (C=O) groups is 2. The van der Waals surface area contributed by atoms with Gasteiger partial charge in [-0.2, -0.15) is 0 Å². The first-order chi connectivity index (χ1) is 9.31. The summed E-state index contributed by atoms with van der Waals surface area (Å²) in [4.78, 5) is 21.9. The molecule has 2 amide bonds. The summed E-state index contributed by atoms with van der Waals surface area (Å²) < 4.78 is 13.4. The maximum atomic E-state index is 13.2. The average Bonchev–Trinajstić information content (AvgIpc) is 2.35. The number of carboxylic acids is 1. The van der Waals surface area contributed by atoms with E-state index < -0.39 is 23.9 Å². The number of aliphatic hydroxyl groups is 1. The van der Waals surface area contributed by atoms with Crippen molar-refractivity contribution >= 4 is 33.6 Å². The van der Waals surface area contributed by atoms with E-state index in [9.17, 15) is 14.0 Å². The number of anilines is 1. The Labute approximate surface area is 123 Å². The summed E-state index contributed by atoms with van der Waals surface area (Å²) in [5, 5.41) is 22.4. The summed E-state index contributed by atoms with van der Waals surface area (Å²) in [6.45, 7) is 1.64. The molecule has 0 heterocycles. The van der Waals surface area contributed by atoms with E-state index in [1.807, 2.05) is 0 Å². The van der Waals surface area contributed by atoms with E-state index in [1.54, 1.807) is 6.92 Å². The van der Waals surface area contributed by atoms with Gasteiger partial charge in [0.1, 0.15) is 5.82 Å². The van der Waals surface area contributed by atoms with Crippen molar-refractivity contribution in [1.29, 1.82) is 0 Å². The lowest BCUT2D eigenvalue weighted by atomic mass is 10.2. The van der Waals surface area contributed by atoms with Gasteiger partial charge in [0.25, 0.3) is 0 Å². The quantitative estimate of drug-likeness (QED) is 0.652. The van der Waals surface area contributed by atoms with Gasteiger partial charge in [0, 0.05) is 18.7 Å². The molecule has 4 N–H and O–H groups in total. The SMILES string of the molecule is Cc1cc(F)c(Br)cc1NC(=O)NCC[C@H](O)C(=O)O. The van der Waals surface area contributed by atoms with Gasteiger partial charge in [-0.25, -0.2) is 14.0 Å². The molecular formula is C12H14BrFN2O4. The number of halogens is 2. The van der Waals surface area contributed by atoms with Gasteiger partial charge in [0.2, 0.25) is 0 Å². The topological polar surface area (TPSA) is 98.7 Å². The summed E-state index contributed by atoms with van der Waals surface area (Å²) >= 11 is 3.01. The lowest BCUT2D eigenvalue weighted by Crippen LogP contribution is -2.33. The van der Waals surface area contributed by atoms with Gasteiger partial charge in [0.05, 0.1) is 4.47 Å². The Morgan fingerprint density at radius 3 is 2.70 bits per heavy atom. The second-order valence-electron chi connectivity index (χ2n) is 4.10. The number of aliphatic hydroxyl groups excluding tert-OH is 1. The van der Waals surface area contributed by atoms with Crippen molar-refractivity contribution in [1.82, 2.24) is 5.32 Å². The highest BCUT2D eigenvalue weighted by molar-refractivity contribution is 9.10. The van der Waals surface area contributed by atoms with Gasteiger partial charge in [-0.3, -0.25) is 0 Å². The standard InChI is InChI=1S/C12H14BrFN2O4/c1-6-4-8(14)7(13)5-9(6)16-12(20)15-3-2-10(17)11(18)19/h4-5,10,17H,2-3H2,1H3,(H,18,19)(H2,15,16,20)/t10-/m0/s1. The smallest absolute Gasteiger partial charge is 0.332 e. The number of carbonyl (C=O) groups excluding carboxylic acids is 1. The molecular weight excluding hydrogens is 335 g/mol. The van der Waals surface area contributed by atoms with Crippen LogP contribution in [0.5, 0.6) is 0 Å². The molecule has 0 saturated heterocycles. The van der Waals surface area contributed by atoms with E-state index in [0.29, 0.717) is 11.3 Å². The zero-order valence-corrected chi connectivity index (χ0v) is 12.2. The van der Waals surface area contributed by atoms with Crippen LogP contribution in [-0.2, 0) is 4.79 Å². The van der Waals surface area contributed by atoms with Crippen LogP contribution in [0.25, 0.3) is 0 Å². The number of urea groups is 1. The van der Waals surface area contributed by atoms with Crippen LogP contribution < -0.4 is 10.6 Å². The predicted octanol–water partition coefficient (Wildman–Crippen LogP) is 1.85. The molecule has 0 aromatic heterocycles. The highest BCUT2D eigenvalue weighted by Gasteiger charge is 2.13. The van der Waals surface area contributed by atoms with Gasteiger partial charge in [-0.15, -0.1) is 0 Å². The van der Waals surface area contributed by atoms with Gasteiger partial charge in [-0.1, -0.05) is 0 Å². The fourth-order valence-electron chi connectivity index (χ4n) is 1.39. The minimum absolute atomic E-state index is 0.000706. The maximum absolute atomic E-state index is 13.2. The molecule has 0 aliphatic rings. The van der Waals surface area contributed by atoms with Crippen LogP contribution in [0.3, 0.4) is 0 Å². The lowest BCUT2D eigenvalue weighted by Gasteiger charge is -2.11. The first kappa shape index (κ1) is 16.4. The molecule has 0 fully saturated rings. The van der Waals surface area contributed by atoms with E-state index in [1.165, 1.54) is 12.1 Å². The fraction of sp³-hybridized carbons (Fsp3) is 0.333.